The van der Waals surface area contributed by atoms with Gasteiger partial charge in [0.2, 0.25) is 0 Å². The third-order valence-corrected chi connectivity index (χ3v) is 8.17. The van der Waals surface area contributed by atoms with Crippen LogP contribution in [-0.2, 0) is 16.2 Å². The van der Waals surface area contributed by atoms with Crippen LogP contribution in [0.25, 0.3) is 0 Å². The van der Waals surface area contributed by atoms with E-state index in [0.29, 0.717) is 34.6 Å². The molecule has 8 nitrogen and oxygen atoms in total. The van der Waals surface area contributed by atoms with Crippen molar-refractivity contribution in [2.75, 3.05) is 14.1 Å². The van der Waals surface area contributed by atoms with Crippen LogP contribution >= 0.6 is 11.6 Å². The van der Waals surface area contributed by atoms with E-state index < -0.39 is 30.0 Å². The number of hydrogen-bond acceptors (Lipinski definition) is 5. The molecule has 0 unspecified atom stereocenters. The topological polar surface area (TPSA) is 99.2 Å². The molecule has 214 valence electrons. The summed E-state index contributed by atoms with van der Waals surface area (Å²) in [6, 6.07) is 20.2. The molecule has 0 spiro atoms. The molecule has 9 heteroatoms. The quantitative estimate of drug-likeness (QED) is 0.392. The molecule has 1 aliphatic carbocycles. The first-order chi connectivity index (χ1) is 19.8. The highest BCUT2D eigenvalue weighted by Crippen LogP contribution is 2.46. The largest absolute Gasteiger partial charge is 0.391 e. The summed E-state index contributed by atoms with van der Waals surface area (Å²) in [6.07, 6.45) is 2.33. The Labute approximate surface area is 244 Å². The zero-order chi connectivity index (χ0) is 29.1. The van der Waals surface area contributed by atoms with Crippen molar-refractivity contribution in [2.45, 2.75) is 56.4 Å². The lowest BCUT2D eigenvalue weighted by atomic mass is 9.77. The van der Waals surface area contributed by atoms with E-state index in [1.807, 2.05) is 24.3 Å². The van der Waals surface area contributed by atoms with Crippen LogP contribution in [0.3, 0.4) is 0 Å². The van der Waals surface area contributed by atoms with Gasteiger partial charge in [0.15, 0.2) is 0 Å². The molecular weight excluding hydrogens is 542 g/mol. The lowest BCUT2D eigenvalue weighted by Crippen LogP contribution is -2.55. The number of aliphatic hydroxyl groups excluding tert-OH is 1. The first-order valence-electron chi connectivity index (χ1n) is 13.8. The van der Waals surface area contributed by atoms with Gasteiger partial charge in [0.05, 0.1) is 30.7 Å². The third kappa shape index (κ3) is 6.00. The normalized spacial score (nSPS) is 22.1. The molecule has 3 aromatic carbocycles. The van der Waals surface area contributed by atoms with Crippen LogP contribution in [0.2, 0.25) is 5.02 Å². The number of hydrogen-bond donors (Lipinski definition) is 2. The first kappa shape index (κ1) is 28.8. The number of carbonyl (C=O) groups is 3. The number of amides is 3. The zero-order valence-corrected chi connectivity index (χ0v) is 23.9. The molecule has 2 N–H and O–H groups in total. The zero-order valence-electron chi connectivity index (χ0n) is 23.1. The first-order valence-corrected chi connectivity index (χ1v) is 14.2. The van der Waals surface area contributed by atoms with E-state index in [2.05, 4.69) is 5.48 Å². The summed E-state index contributed by atoms with van der Waals surface area (Å²) in [6.45, 7) is 0.0459. The Morgan fingerprint density at radius 1 is 1.02 bits per heavy atom. The molecule has 5 rings (SSSR count). The van der Waals surface area contributed by atoms with E-state index in [-0.39, 0.29) is 18.4 Å². The van der Waals surface area contributed by atoms with Crippen LogP contribution in [0.15, 0.2) is 72.8 Å². The van der Waals surface area contributed by atoms with Crippen LogP contribution < -0.4 is 5.48 Å². The molecule has 2 aliphatic rings. The fourth-order valence-electron chi connectivity index (χ4n) is 5.94. The number of nitrogens with one attached hydrogen (secondary N) is 1. The average Bonchev–Trinajstić information content (AvgIpc) is 2.98. The summed E-state index contributed by atoms with van der Waals surface area (Å²) < 4.78 is 0. The highest BCUT2D eigenvalue weighted by Gasteiger charge is 2.48. The molecule has 3 amide bonds. The lowest BCUT2D eigenvalue weighted by Gasteiger charge is -2.48. The Kier molecular flexibility index (Phi) is 8.73. The molecule has 0 radical (unpaired) electrons. The van der Waals surface area contributed by atoms with Gasteiger partial charge in [0.25, 0.3) is 17.7 Å². The summed E-state index contributed by atoms with van der Waals surface area (Å²) in [7, 11) is 3.37. The average molecular weight is 576 g/mol. The van der Waals surface area contributed by atoms with Gasteiger partial charge in [-0.15, -0.1) is 0 Å². The lowest BCUT2D eigenvalue weighted by molar-refractivity contribution is -0.138. The van der Waals surface area contributed by atoms with Crippen molar-refractivity contribution < 1.29 is 24.3 Å². The number of hydroxylamine groups is 1. The van der Waals surface area contributed by atoms with Gasteiger partial charge in [0, 0.05) is 30.2 Å². The molecule has 1 heterocycles. The molecule has 3 aromatic rings. The fourth-order valence-corrected chi connectivity index (χ4v) is 6.06. The molecule has 41 heavy (non-hydrogen) atoms. The van der Waals surface area contributed by atoms with Gasteiger partial charge < -0.3 is 14.9 Å². The highest BCUT2D eigenvalue weighted by atomic mass is 35.5. The summed E-state index contributed by atoms with van der Waals surface area (Å²) in [4.78, 5) is 49.2. The Bertz CT molecular complexity index is 1430. The summed E-state index contributed by atoms with van der Waals surface area (Å²) in [5.74, 6) is -1.56. The molecule has 0 bridgehead atoms. The SMILES string of the molecule is CN(C)C(=O)c1cccc(CONC(=O)[C@@H]2c3ccccc3C(=O)N([C@H]3CCCC[C@@H]3O)[C@H]2c2ccc(Cl)cc2)c1. The van der Waals surface area contributed by atoms with Gasteiger partial charge in [-0.2, -0.15) is 0 Å². The molecular formula is C32H34ClN3O5. The maximum Gasteiger partial charge on any atom is 0.255 e. The van der Waals surface area contributed by atoms with Crippen molar-refractivity contribution in [3.05, 3.63) is 106 Å². The number of fused-ring (bicyclic) bond motifs is 1. The second-order valence-corrected chi connectivity index (χ2v) is 11.3. The van der Waals surface area contributed by atoms with Crippen LogP contribution in [0.4, 0.5) is 0 Å². The van der Waals surface area contributed by atoms with Crippen molar-refractivity contribution in [3.8, 4) is 0 Å². The Hall–Kier alpha value is -3.72. The van der Waals surface area contributed by atoms with Crippen LogP contribution in [0.5, 0.6) is 0 Å². The highest BCUT2D eigenvalue weighted by molar-refractivity contribution is 6.30. The molecule has 1 saturated carbocycles. The van der Waals surface area contributed by atoms with E-state index in [4.69, 9.17) is 16.4 Å². The third-order valence-electron chi connectivity index (χ3n) is 7.91. The molecule has 4 atom stereocenters. The van der Waals surface area contributed by atoms with Crippen molar-refractivity contribution in [2.24, 2.45) is 0 Å². The van der Waals surface area contributed by atoms with Gasteiger partial charge in [-0.25, -0.2) is 5.48 Å². The van der Waals surface area contributed by atoms with Crippen molar-refractivity contribution >= 4 is 29.3 Å². The van der Waals surface area contributed by atoms with Gasteiger partial charge in [-0.05, 0) is 59.9 Å². The minimum Gasteiger partial charge on any atom is -0.391 e. The van der Waals surface area contributed by atoms with Crippen LogP contribution in [-0.4, -0.2) is 58.9 Å². The number of rotatable bonds is 7. The van der Waals surface area contributed by atoms with Crippen molar-refractivity contribution in [1.82, 2.24) is 15.3 Å². The second-order valence-electron chi connectivity index (χ2n) is 10.8. The van der Waals surface area contributed by atoms with Crippen molar-refractivity contribution in [3.63, 3.8) is 0 Å². The molecule has 1 aliphatic heterocycles. The summed E-state index contributed by atoms with van der Waals surface area (Å²) >= 11 is 6.20. The Balaban J connectivity index is 1.47. The van der Waals surface area contributed by atoms with E-state index in [1.54, 1.807) is 67.5 Å². The number of carbonyl (C=O) groups excluding carboxylic acids is 3. The number of benzene rings is 3. The predicted octanol–water partition coefficient (Wildman–Crippen LogP) is 4.87. The number of nitrogens with zero attached hydrogens (tertiary/aromatic N) is 2. The fraction of sp³-hybridized carbons (Fsp3) is 0.344. The van der Waals surface area contributed by atoms with Crippen molar-refractivity contribution in [1.29, 1.82) is 0 Å². The van der Waals surface area contributed by atoms with Crippen LogP contribution in [0.1, 0.15) is 75.0 Å². The van der Waals surface area contributed by atoms with Gasteiger partial charge in [-0.1, -0.05) is 66.9 Å². The van der Waals surface area contributed by atoms with Gasteiger partial charge >= 0.3 is 0 Å². The number of halogens is 1. The van der Waals surface area contributed by atoms with Gasteiger partial charge in [0.1, 0.15) is 0 Å². The van der Waals surface area contributed by atoms with E-state index in [0.717, 1.165) is 24.0 Å². The molecule has 0 saturated heterocycles. The Morgan fingerprint density at radius 3 is 2.49 bits per heavy atom. The summed E-state index contributed by atoms with van der Waals surface area (Å²) in [5.41, 5.74) is 5.63. The predicted molar refractivity (Wildman–Crippen MR) is 155 cm³/mol. The monoisotopic (exact) mass is 575 g/mol. The standard InChI is InChI=1S/C32H34ClN3O5/c1-35(2)31(39)22-9-7-8-20(18-22)19-41-34-30(38)28-24-10-3-4-11-25(24)32(40)36(26-12-5-6-13-27(26)37)29(28)21-14-16-23(33)17-15-21/h3-4,7-11,14-18,26-29,37H,5-6,12-13,19H2,1-2H3,(H,34,38)/t26-,27-,28+,29-/m0/s1. The summed E-state index contributed by atoms with van der Waals surface area (Å²) in [5, 5.41) is 11.6. The minimum absolute atomic E-state index is 0.0459. The van der Waals surface area contributed by atoms with Gasteiger partial charge in [-0.3, -0.25) is 19.2 Å². The maximum absolute atomic E-state index is 14.0. The Morgan fingerprint density at radius 2 is 1.76 bits per heavy atom. The smallest absolute Gasteiger partial charge is 0.255 e. The van der Waals surface area contributed by atoms with E-state index in [9.17, 15) is 19.5 Å². The van der Waals surface area contributed by atoms with E-state index in [1.165, 1.54) is 4.90 Å². The van der Waals surface area contributed by atoms with E-state index >= 15 is 0 Å². The maximum atomic E-state index is 14.0. The minimum atomic E-state index is -0.805. The second kappa shape index (κ2) is 12.4. The number of aliphatic hydroxyl groups is 1. The molecule has 1 fully saturated rings. The molecule has 0 aromatic heterocycles. The van der Waals surface area contributed by atoms with Crippen LogP contribution in [0, 0.1) is 0 Å².